The van der Waals surface area contributed by atoms with E-state index in [9.17, 15) is 18.4 Å². The molecule has 1 aliphatic heterocycles. The zero-order chi connectivity index (χ0) is 24.0. The molecule has 2 fully saturated rings. The lowest BCUT2D eigenvalue weighted by molar-refractivity contribution is -0.128. The second kappa shape index (κ2) is 8.66. The number of aryl methyl sites for hydroxylation is 1. The lowest BCUT2D eigenvalue weighted by atomic mass is 10.1. The summed E-state index contributed by atoms with van der Waals surface area (Å²) in [4.78, 5) is 37.9. The standard InChI is InChI=1S/C24H25F2N5O3/c1-12-20(24(33)30-18-9-31(13(2)32)8-17(18)26)22-23(29-12)21(27-11-28-22)16-7-15(25)5-6-19(16)34-10-14-3-4-14/h5-7,11,14,17-18,29H,3-4,8-10H2,1-2H3,(H,30,33)/t17-,18-/m1/s1. The maximum absolute atomic E-state index is 14.4. The SMILES string of the molecule is CC(=O)N1C[C@@H](F)[C@H](NC(=O)c2c(C)[nH]c3c(-c4cc(F)ccc4OCC4CC4)ncnc23)C1. The number of benzene rings is 1. The average molecular weight is 469 g/mol. The minimum atomic E-state index is -1.36. The molecule has 0 bridgehead atoms. The molecule has 1 aromatic carbocycles. The van der Waals surface area contributed by atoms with E-state index in [-0.39, 0.29) is 24.6 Å². The van der Waals surface area contributed by atoms with Crippen molar-refractivity contribution in [1.29, 1.82) is 0 Å². The first-order chi connectivity index (χ1) is 16.3. The van der Waals surface area contributed by atoms with Gasteiger partial charge in [0.2, 0.25) is 5.91 Å². The Morgan fingerprint density at radius 1 is 1.26 bits per heavy atom. The smallest absolute Gasteiger partial charge is 0.255 e. The minimum Gasteiger partial charge on any atom is -0.493 e. The predicted molar refractivity (Wildman–Crippen MR) is 121 cm³/mol. The van der Waals surface area contributed by atoms with E-state index in [4.69, 9.17) is 4.74 Å². The second-order valence-electron chi connectivity index (χ2n) is 8.99. The van der Waals surface area contributed by atoms with Crippen molar-refractivity contribution in [2.75, 3.05) is 19.7 Å². The summed E-state index contributed by atoms with van der Waals surface area (Å²) in [5.74, 6) is -0.167. The molecule has 2 atom stereocenters. The van der Waals surface area contributed by atoms with E-state index in [0.29, 0.717) is 46.3 Å². The number of carbonyl (C=O) groups is 2. The van der Waals surface area contributed by atoms with Crippen LogP contribution in [0.3, 0.4) is 0 Å². The van der Waals surface area contributed by atoms with Crippen molar-refractivity contribution >= 4 is 22.8 Å². The molecule has 3 aromatic rings. The van der Waals surface area contributed by atoms with Crippen molar-refractivity contribution in [1.82, 2.24) is 25.2 Å². The Morgan fingerprint density at radius 3 is 2.76 bits per heavy atom. The van der Waals surface area contributed by atoms with Crippen LogP contribution in [0.2, 0.25) is 0 Å². The molecule has 2 aliphatic rings. The van der Waals surface area contributed by atoms with Crippen LogP contribution in [0.4, 0.5) is 8.78 Å². The first-order valence-corrected chi connectivity index (χ1v) is 11.3. The lowest BCUT2D eigenvalue weighted by Crippen LogP contribution is -2.41. The van der Waals surface area contributed by atoms with Crippen LogP contribution in [0.5, 0.6) is 5.75 Å². The molecule has 10 heteroatoms. The quantitative estimate of drug-likeness (QED) is 0.578. The Bertz CT molecular complexity index is 1270. The van der Waals surface area contributed by atoms with Crippen LogP contribution < -0.4 is 10.1 Å². The van der Waals surface area contributed by atoms with Gasteiger partial charge in [-0.1, -0.05) is 0 Å². The van der Waals surface area contributed by atoms with Crippen molar-refractivity contribution in [2.45, 2.75) is 38.9 Å². The van der Waals surface area contributed by atoms with E-state index in [1.807, 2.05) is 0 Å². The highest BCUT2D eigenvalue weighted by Crippen LogP contribution is 2.36. The summed E-state index contributed by atoms with van der Waals surface area (Å²) >= 11 is 0. The van der Waals surface area contributed by atoms with Crippen molar-refractivity contribution in [3.63, 3.8) is 0 Å². The highest BCUT2D eigenvalue weighted by Gasteiger charge is 2.36. The fourth-order valence-electron chi connectivity index (χ4n) is 4.31. The highest BCUT2D eigenvalue weighted by atomic mass is 19.1. The first kappa shape index (κ1) is 22.2. The first-order valence-electron chi connectivity index (χ1n) is 11.3. The number of fused-ring (bicyclic) bond motifs is 1. The largest absolute Gasteiger partial charge is 0.493 e. The summed E-state index contributed by atoms with van der Waals surface area (Å²) in [6.07, 6.45) is 2.19. The zero-order valence-electron chi connectivity index (χ0n) is 18.9. The van der Waals surface area contributed by atoms with Crippen molar-refractivity contribution in [3.05, 3.63) is 41.6 Å². The molecule has 5 rings (SSSR count). The number of carbonyl (C=O) groups excluding carboxylic acids is 2. The van der Waals surface area contributed by atoms with E-state index in [0.717, 1.165) is 12.8 Å². The number of H-pyrrole nitrogens is 1. The molecule has 8 nitrogen and oxygen atoms in total. The maximum atomic E-state index is 14.4. The lowest BCUT2D eigenvalue weighted by Gasteiger charge is -2.15. The number of nitrogens with one attached hydrogen (secondary N) is 2. The fraction of sp³-hybridized carbons (Fsp3) is 0.417. The van der Waals surface area contributed by atoms with E-state index in [1.54, 1.807) is 13.0 Å². The van der Waals surface area contributed by atoms with Gasteiger partial charge in [0.05, 0.1) is 30.3 Å². The Balaban J connectivity index is 1.48. The normalized spacial score (nSPS) is 20.1. The molecule has 2 N–H and O–H groups in total. The molecular formula is C24H25F2N5O3. The molecule has 2 amide bonds. The number of amides is 2. The van der Waals surface area contributed by atoms with Crippen LogP contribution in [0.15, 0.2) is 24.5 Å². The van der Waals surface area contributed by atoms with Crippen LogP contribution in [0, 0.1) is 18.7 Å². The van der Waals surface area contributed by atoms with Crippen LogP contribution in [0.25, 0.3) is 22.3 Å². The molecule has 34 heavy (non-hydrogen) atoms. The van der Waals surface area contributed by atoms with Gasteiger partial charge < -0.3 is 19.9 Å². The second-order valence-corrected chi connectivity index (χ2v) is 8.99. The van der Waals surface area contributed by atoms with Crippen LogP contribution in [-0.4, -0.2) is 63.6 Å². The number of nitrogens with zero attached hydrogens (tertiary/aromatic N) is 3. The van der Waals surface area contributed by atoms with Gasteiger partial charge in [-0.2, -0.15) is 0 Å². The molecule has 0 radical (unpaired) electrons. The van der Waals surface area contributed by atoms with Crippen molar-refractivity contribution in [2.24, 2.45) is 5.92 Å². The van der Waals surface area contributed by atoms with Gasteiger partial charge in [0.25, 0.3) is 5.91 Å². The van der Waals surface area contributed by atoms with Gasteiger partial charge in [-0.15, -0.1) is 0 Å². The molecule has 1 aliphatic carbocycles. The van der Waals surface area contributed by atoms with Crippen LogP contribution in [0.1, 0.15) is 35.8 Å². The van der Waals surface area contributed by atoms with Gasteiger partial charge in [0, 0.05) is 24.7 Å². The number of hydrogen-bond donors (Lipinski definition) is 2. The highest BCUT2D eigenvalue weighted by molar-refractivity contribution is 6.09. The number of halogens is 2. The Labute approximate surface area is 194 Å². The monoisotopic (exact) mass is 469 g/mol. The number of rotatable bonds is 6. The summed E-state index contributed by atoms with van der Waals surface area (Å²) in [5.41, 5.74) is 2.43. The number of alkyl halides is 1. The maximum Gasteiger partial charge on any atom is 0.255 e. The summed E-state index contributed by atoms with van der Waals surface area (Å²) in [6, 6.07) is 3.45. The Morgan fingerprint density at radius 2 is 2.06 bits per heavy atom. The minimum absolute atomic E-state index is 0.0529. The summed E-state index contributed by atoms with van der Waals surface area (Å²) in [6.45, 7) is 3.68. The fourth-order valence-corrected chi connectivity index (χ4v) is 4.31. The van der Waals surface area contributed by atoms with E-state index < -0.39 is 23.9 Å². The summed E-state index contributed by atoms with van der Waals surface area (Å²) in [7, 11) is 0. The molecule has 178 valence electrons. The molecule has 0 spiro atoms. The van der Waals surface area contributed by atoms with Gasteiger partial charge in [-0.05, 0) is 43.9 Å². The van der Waals surface area contributed by atoms with Crippen molar-refractivity contribution in [3.8, 4) is 17.0 Å². The number of ether oxygens (including phenoxy) is 1. The average Bonchev–Trinajstić information content (AvgIpc) is 3.46. The van der Waals surface area contributed by atoms with Gasteiger partial charge in [-0.25, -0.2) is 18.7 Å². The number of aromatic amines is 1. The molecule has 2 aromatic heterocycles. The third-order valence-corrected chi connectivity index (χ3v) is 6.38. The van der Waals surface area contributed by atoms with Gasteiger partial charge in [0.1, 0.15) is 35.3 Å². The van der Waals surface area contributed by atoms with Crippen molar-refractivity contribution < 1.29 is 23.1 Å². The van der Waals surface area contributed by atoms with Gasteiger partial charge in [-0.3, -0.25) is 9.59 Å². The number of likely N-dealkylation sites (tertiary alicyclic amines) is 1. The van der Waals surface area contributed by atoms with Crippen LogP contribution in [-0.2, 0) is 4.79 Å². The summed E-state index contributed by atoms with van der Waals surface area (Å²) < 4.78 is 34.5. The number of aromatic nitrogens is 3. The Hall–Kier alpha value is -3.56. The van der Waals surface area contributed by atoms with E-state index in [1.165, 1.54) is 30.3 Å². The molecule has 3 heterocycles. The molecule has 0 unspecified atom stereocenters. The third kappa shape index (κ3) is 4.20. The molecular weight excluding hydrogens is 444 g/mol. The third-order valence-electron chi connectivity index (χ3n) is 6.38. The molecule has 1 saturated carbocycles. The summed E-state index contributed by atoms with van der Waals surface area (Å²) in [5, 5.41) is 2.70. The van der Waals surface area contributed by atoms with Crippen LogP contribution >= 0.6 is 0 Å². The Kier molecular flexibility index (Phi) is 5.66. The molecule has 1 saturated heterocycles. The van der Waals surface area contributed by atoms with Gasteiger partial charge >= 0.3 is 0 Å². The number of hydrogen-bond acceptors (Lipinski definition) is 5. The zero-order valence-corrected chi connectivity index (χ0v) is 18.9. The van der Waals surface area contributed by atoms with E-state index in [2.05, 4.69) is 20.3 Å². The predicted octanol–water partition coefficient (Wildman–Crippen LogP) is 3.16. The van der Waals surface area contributed by atoms with Gasteiger partial charge in [0.15, 0.2) is 0 Å². The topological polar surface area (TPSA) is 100 Å². The van der Waals surface area contributed by atoms with E-state index >= 15 is 0 Å².